The molecule has 2 atom stereocenters. The molecule has 3 heteroatoms. The summed E-state index contributed by atoms with van der Waals surface area (Å²) in [6.07, 6.45) is 5.38. The SMILES string of the molecule is O=C(NCC1(CO)CCCC1)C1CC1c1ccccc1. The van der Waals surface area contributed by atoms with Gasteiger partial charge < -0.3 is 10.4 Å². The second-order valence-electron chi connectivity index (χ2n) is 6.44. The van der Waals surface area contributed by atoms with Gasteiger partial charge >= 0.3 is 0 Å². The van der Waals surface area contributed by atoms with E-state index in [1.807, 2.05) is 18.2 Å². The minimum atomic E-state index is -0.0488. The molecule has 0 radical (unpaired) electrons. The second kappa shape index (κ2) is 5.57. The lowest BCUT2D eigenvalue weighted by Crippen LogP contribution is -2.39. The van der Waals surface area contributed by atoms with Gasteiger partial charge in [-0.2, -0.15) is 0 Å². The van der Waals surface area contributed by atoms with Crippen molar-refractivity contribution in [2.75, 3.05) is 13.2 Å². The molecule has 0 saturated heterocycles. The van der Waals surface area contributed by atoms with E-state index < -0.39 is 0 Å². The minimum Gasteiger partial charge on any atom is -0.396 e. The highest BCUT2D eigenvalue weighted by atomic mass is 16.3. The van der Waals surface area contributed by atoms with Gasteiger partial charge in [-0.15, -0.1) is 0 Å². The van der Waals surface area contributed by atoms with Crippen molar-refractivity contribution in [1.82, 2.24) is 5.32 Å². The van der Waals surface area contributed by atoms with Crippen LogP contribution in [-0.4, -0.2) is 24.2 Å². The highest BCUT2D eigenvalue weighted by molar-refractivity contribution is 5.82. The predicted molar refractivity (Wildman–Crippen MR) is 78.3 cm³/mol. The van der Waals surface area contributed by atoms with Crippen molar-refractivity contribution >= 4 is 5.91 Å². The summed E-state index contributed by atoms with van der Waals surface area (Å²) in [5.41, 5.74) is 1.22. The van der Waals surface area contributed by atoms with Crippen molar-refractivity contribution in [2.45, 2.75) is 38.0 Å². The second-order valence-corrected chi connectivity index (χ2v) is 6.44. The summed E-state index contributed by atoms with van der Waals surface area (Å²) in [7, 11) is 0. The molecule has 2 saturated carbocycles. The molecule has 1 aromatic rings. The first-order valence-electron chi connectivity index (χ1n) is 7.68. The maximum absolute atomic E-state index is 12.2. The van der Waals surface area contributed by atoms with E-state index in [4.69, 9.17) is 0 Å². The molecule has 0 aromatic heterocycles. The maximum atomic E-state index is 12.2. The van der Waals surface area contributed by atoms with Crippen LogP contribution >= 0.6 is 0 Å². The topological polar surface area (TPSA) is 49.3 Å². The first-order chi connectivity index (χ1) is 9.74. The van der Waals surface area contributed by atoms with Gasteiger partial charge in [-0.25, -0.2) is 0 Å². The number of rotatable bonds is 5. The quantitative estimate of drug-likeness (QED) is 0.866. The Hall–Kier alpha value is -1.35. The Balaban J connectivity index is 1.51. The smallest absolute Gasteiger partial charge is 0.223 e. The Morgan fingerprint density at radius 2 is 1.95 bits per heavy atom. The first-order valence-corrected chi connectivity index (χ1v) is 7.68. The standard InChI is InChI=1S/C17H23NO2/c19-12-17(8-4-5-9-17)11-18-16(20)15-10-14(15)13-6-2-1-3-7-13/h1-3,6-7,14-15,19H,4-5,8-12H2,(H,18,20). The normalized spacial score (nSPS) is 27.2. The lowest BCUT2D eigenvalue weighted by atomic mass is 9.87. The van der Waals surface area contributed by atoms with Crippen LogP contribution < -0.4 is 5.32 Å². The summed E-state index contributed by atoms with van der Waals surface area (Å²) in [5, 5.41) is 12.6. The van der Waals surface area contributed by atoms with Crippen LogP contribution in [0, 0.1) is 11.3 Å². The van der Waals surface area contributed by atoms with E-state index in [0.29, 0.717) is 12.5 Å². The number of hydrogen-bond acceptors (Lipinski definition) is 2. The Labute approximate surface area is 120 Å². The average Bonchev–Trinajstić information content (AvgIpc) is 3.17. The molecule has 3 nitrogen and oxygen atoms in total. The average molecular weight is 273 g/mol. The van der Waals surface area contributed by atoms with Gasteiger partial charge in [0.25, 0.3) is 0 Å². The predicted octanol–water partition coefficient (Wildman–Crippen LogP) is 2.46. The molecular weight excluding hydrogens is 250 g/mol. The molecule has 108 valence electrons. The number of amides is 1. The van der Waals surface area contributed by atoms with Crippen LogP contribution in [0.5, 0.6) is 0 Å². The van der Waals surface area contributed by atoms with E-state index in [2.05, 4.69) is 17.4 Å². The van der Waals surface area contributed by atoms with Crippen LogP contribution in [0.4, 0.5) is 0 Å². The van der Waals surface area contributed by atoms with Crippen molar-refractivity contribution < 1.29 is 9.90 Å². The highest BCUT2D eigenvalue weighted by Gasteiger charge is 2.44. The fourth-order valence-electron chi connectivity index (χ4n) is 3.47. The van der Waals surface area contributed by atoms with Crippen LogP contribution in [0.1, 0.15) is 43.6 Å². The molecule has 0 bridgehead atoms. The van der Waals surface area contributed by atoms with E-state index in [9.17, 15) is 9.90 Å². The van der Waals surface area contributed by atoms with E-state index in [1.54, 1.807) is 0 Å². The molecular formula is C17H23NO2. The Kier molecular flexibility index (Phi) is 3.79. The number of carbonyl (C=O) groups excluding carboxylic acids is 1. The molecule has 3 rings (SSSR count). The fraction of sp³-hybridized carbons (Fsp3) is 0.588. The summed E-state index contributed by atoms with van der Waals surface area (Å²) in [6.45, 7) is 0.834. The van der Waals surface area contributed by atoms with Gasteiger partial charge in [-0.05, 0) is 30.7 Å². The van der Waals surface area contributed by atoms with Gasteiger partial charge in [0.15, 0.2) is 0 Å². The molecule has 2 fully saturated rings. The third-order valence-corrected chi connectivity index (χ3v) is 4.99. The number of carbonyl (C=O) groups is 1. The summed E-state index contributed by atoms with van der Waals surface area (Å²) in [5.74, 6) is 0.693. The van der Waals surface area contributed by atoms with Crippen LogP contribution in [0.25, 0.3) is 0 Å². The largest absolute Gasteiger partial charge is 0.396 e. The van der Waals surface area contributed by atoms with Crippen LogP contribution in [0.3, 0.4) is 0 Å². The molecule has 20 heavy (non-hydrogen) atoms. The van der Waals surface area contributed by atoms with Gasteiger partial charge in [-0.1, -0.05) is 43.2 Å². The summed E-state index contributed by atoms with van der Waals surface area (Å²) >= 11 is 0. The maximum Gasteiger partial charge on any atom is 0.223 e. The molecule has 0 aliphatic heterocycles. The first kappa shape index (κ1) is 13.6. The van der Waals surface area contributed by atoms with Crippen molar-refractivity contribution in [3.05, 3.63) is 35.9 Å². The monoisotopic (exact) mass is 273 g/mol. The van der Waals surface area contributed by atoms with Gasteiger partial charge in [0.05, 0.1) is 6.61 Å². The lowest BCUT2D eigenvalue weighted by Gasteiger charge is -2.26. The number of aliphatic hydroxyl groups is 1. The third-order valence-electron chi connectivity index (χ3n) is 4.99. The summed E-state index contributed by atoms with van der Waals surface area (Å²) in [4.78, 5) is 12.2. The van der Waals surface area contributed by atoms with Crippen molar-refractivity contribution in [3.63, 3.8) is 0 Å². The van der Waals surface area contributed by atoms with E-state index >= 15 is 0 Å². The Morgan fingerprint density at radius 3 is 2.60 bits per heavy atom. The molecule has 2 aliphatic carbocycles. The van der Waals surface area contributed by atoms with E-state index in [0.717, 1.165) is 19.3 Å². The molecule has 0 spiro atoms. The number of benzene rings is 1. The zero-order chi connectivity index (χ0) is 14.0. The van der Waals surface area contributed by atoms with Crippen LogP contribution in [-0.2, 0) is 4.79 Å². The van der Waals surface area contributed by atoms with Crippen LogP contribution in [0.15, 0.2) is 30.3 Å². The van der Waals surface area contributed by atoms with Gasteiger partial charge in [-0.3, -0.25) is 4.79 Å². The highest BCUT2D eigenvalue weighted by Crippen LogP contribution is 2.47. The molecule has 1 aromatic carbocycles. The minimum absolute atomic E-state index is 0.0488. The molecule has 2 aliphatic rings. The van der Waals surface area contributed by atoms with Crippen LogP contribution in [0.2, 0.25) is 0 Å². The zero-order valence-electron chi connectivity index (χ0n) is 11.8. The number of hydrogen-bond donors (Lipinski definition) is 2. The van der Waals surface area contributed by atoms with Crippen molar-refractivity contribution in [2.24, 2.45) is 11.3 Å². The summed E-state index contributed by atoms with van der Waals surface area (Å²) < 4.78 is 0. The third kappa shape index (κ3) is 2.73. The molecule has 2 N–H and O–H groups in total. The Morgan fingerprint density at radius 1 is 1.25 bits per heavy atom. The summed E-state index contributed by atoms with van der Waals surface area (Å²) in [6, 6.07) is 10.3. The lowest BCUT2D eigenvalue weighted by molar-refractivity contribution is -0.123. The Bertz CT molecular complexity index is 465. The number of aliphatic hydroxyl groups excluding tert-OH is 1. The molecule has 0 heterocycles. The van der Waals surface area contributed by atoms with E-state index in [1.165, 1.54) is 18.4 Å². The van der Waals surface area contributed by atoms with E-state index in [-0.39, 0.29) is 23.8 Å². The number of nitrogens with one attached hydrogen (secondary N) is 1. The van der Waals surface area contributed by atoms with Gasteiger partial charge in [0, 0.05) is 17.9 Å². The molecule has 2 unspecified atom stereocenters. The van der Waals surface area contributed by atoms with Gasteiger partial charge in [0.2, 0.25) is 5.91 Å². The van der Waals surface area contributed by atoms with Gasteiger partial charge in [0.1, 0.15) is 0 Å². The zero-order valence-corrected chi connectivity index (χ0v) is 11.8. The van der Waals surface area contributed by atoms with Crippen molar-refractivity contribution in [1.29, 1.82) is 0 Å². The fourth-order valence-corrected chi connectivity index (χ4v) is 3.47. The van der Waals surface area contributed by atoms with Crippen molar-refractivity contribution in [3.8, 4) is 0 Å². The molecule has 1 amide bonds.